The van der Waals surface area contributed by atoms with Gasteiger partial charge in [-0.2, -0.15) is 0 Å². The Morgan fingerprint density at radius 2 is 1.94 bits per heavy atom. The average Bonchev–Trinajstić information content (AvgIpc) is 3.15. The Morgan fingerprint density at radius 1 is 1.28 bits per heavy atom. The van der Waals surface area contributed by atoms with Crippen molar-refractivity contribution < 1.29 is 23.1 Å². The number of amides is 1. The summed E-state index contributed by atoms with van der Waals surface area (Å²) in [5.74, 6) is -3.31. The first-order valence-corrected chi connectivity index (χ1v) is 5.41. The van der Waals surface area contributed by atoms with E-state index < -0.39 is 23.2 Å². The minimum absolute atomic E-state index is 0.115. The zero-order valence-electron chi connectivity index (χ0n) is 9.63. The van der Waals surface area contributed by atoms with Crippen molar-refractivity contribution in [1.82, 2.24) is 0 Å². The number of benzene rings is 1. The van der Waals surface area contributed by atoms with Crippen molar-refractivity contribution in [3.05, 3.63) is 29.3 Å². The Morgan fingerprint density at radius 3 is 2.50 bits per heavy atom. The van der Waals surface area contributed by atoms with E-state index in [1.807, 2.05) is 0 Å². The van der Waals surface area contributed by atoms with Crippen LogP contribution in [0.3, 0.4) is 0 Å². The summed E-state index contributed by atoms with van der Waals surface area (Å²) in [6.07, 6.45) is 1.52. The van der Waals surface area contributed by atoms with Gasteiger partial charge < -0.3 is 10.1 Å². The van der Waals surface area contributed by atoms with Gasteiger partial charge in [0.05, 0.1) is 18.4 Å². The van der Waals surface area contributed by atoms with Crippen LogP contribution in [0.5, 0.6) is 0 Å². The highest BCUT2D eigenvalue weighted by Crippen LogP contribution is 2.31. The molecule has 1 aliphatic rings. The summed E-state index contributed by atoms with van der Waals surface area (Å²) in [5.41, 5.74) is -0.626. The minimum atomic E-state index is -1.02. The standard InChI is InChI=1S/C12H11F2NO3/c1-18-12(17)7-4-10(9(14)5-8(7)13)15-11(16)6-2-3-6/h4-6H,2-3H2,1H3,(H,15,16). The number of hydrogen-bond donors (Lipinski definition) is 1. The number of ether oxygens (including phenoxy) is 1. The molecule has 1 saturated carbocycles. The Labute approximate surface area is 102 Å². The molecule has 0 spiro atoms. The van der Waals surface area contributed by atoms with E-state index >= 15 is 0 Å². The molecule has 0 atom stereocenters. The summed E-state index contributed by atoms with van der Waals surface area (Å²) in [5, 5.41) is 2.33. The molecule has 6 heteroatoms. The predicted octanol–water partition coefficient (Wildman–Crippen LogP) is 2.10. The fraction of sp³-hybridized carbons (Fsp3) is 0.333. The van der Waals surface area contributed by atoms with Gasteiger partial charge in [-0.25, -0.2) is 13.6 Å². The molecule has 1 amide bonds. The van der Waals surface area contributed by atoms with Crippen LogP contribution in [0.1, 0.15) is 23.2 Å². The van der Waals surface area contributed by atoms with Crippen LogP contribution in [-0.4, -0.2) is 19.0 Å². The van der Waals surface area contributed by atoms with E-state index in [-0.39, 0.29) is 17.5 Å². The average molecular weight is 255 g/mol. The summed E-state index contributed by atoms with van der Waals surface area (Å²) >= 11 is 0. The van der Waals surface area contributed by atoms with E-state index in [1.165, 1.54) is 0 Å². The summed E-state index contributed by atoms with van der Waals surface area (Å²) in [4.78, 5) is 22.7. The normalized spacial score (nSPS) is 14.2. The Bertz CT molecular complexity index is 512. The van der Waals surface area contributed by atoms with Crippen molar-refractivity contribution in [2.45, 2.75) is 12.8 Å². The number of rotatable bonds is 3. The van der Waals surface area contributed by atoms with E-state index in [0.717, 1.165) is 26.0 Å². The molecule has 0 aliphatic heterocycles. The van der Waals surface area contributed by atoms with Crippen LogP contribution in [-0.2, 0) is 9.53 Å². The van der Waals surface area contributed by atoms with Gasteiger partial charge in [-0.3, -0.25) is 4.79 Å². The third kappa shape index (κ3) is 2.47. The lowest BCUT2D eigenvalue weighted by molar-refractivity contribution is -0.117. The quantitative estimate of drug-likeness (QED) is 0.841. The molecule has 0 bridgehead atoms. The Balaban J connectivity index is 2.28. The molecule has 18 heavy (non-hydrogen) atoms. The van der Waals surface area contributed by atoms with Crippen molar-refractivity contribution in [2.24, 2.45) is 5.92 Å². The third-order valence-corrected chi connectivity index (χ3v) is 2.67. The lowest BCUT2D eigenvalue weighted by Crippen LogP contribution is -2.16. The number of esters is 1. The van der Waals surface area contributed by atoms with Crippen LogP contribution >= 0.6 is 0 Å². The van der Waals surface area contributed by atoms with Gasteiger partial charge in [0.1, 0.15) is 11.6 Å². The second-order valence-corrected chi connectivity index (χ2v) is 4.07. The fourth-order valence-corrected chi connectivity index (χ4v) is 1.49. The fourth-order valence-electron chi connectivity index (χ4n) is 1.49. The number of methoxy groups -OCH3 is 1. The highest BCUT2D eigenvalue weighted by molar-refractivity contribution is 5.96. The van der Waals surface area contributed by atoms with Crippen LogP contribution in [0.2, 0.25) is 0 Å². The van der Waals surface area contributed by atoms with E-state index in [0.29, 0.717) is 6.07 Å². The first-order valence-electron chi connectivity index (χ1n) is 5.41. The number of carbonyl (C=O) groups is 2. The van der Waals surface area contributed by atoms with Crippen molar-refractivity contribution in [3.63, 3.8) is 0 Å². The topological polar surface area (TPSA) is 55.4 Å². The summed E-state index contributed by atoms with van der Waals surface area (Å²) in [7, 11) is 1.09. The van der Waals surface area contributed by atoms with Crippen molar-refractivity contribution >= 4 is 17.6 Å². The Hall–Kier alpha value is -1.98. The smallest absolute Gasteiger partial charge is 0.340 e. The van der Waals surface area contributed by atoms with Crippen LogP contribution in [0.15, 0.2) is 12.1 Å². The molecule has 2 rings (SSSR count). The molecule has 96 valence electrons. The van der Waals surface area contributed by atoms with Crippen LogP contribution < -0.4 is 5.32 Å². The number of nitrogens with one attached hydrogen (secondary N) is 1. The molecule has 1 fully saturated rings. The maximum Gasteiger partial charge on any atom is 0.340 e. The Kier molecular flexibility index (Phi) is 3.27. The molecule has 1 aromatic carbocycles. The molecule has 0 aromatic heterocycles. The first kappa shape index (κ1) is 12.5. The molecule has 0 unspecified atom stereocenters. The highest BCUT2D eigenvalue weighted by Gasteiger charge is 2.30. The van der Waals surface area contributed by atoms with E-state index in [1.54, 1.807) is 0 Å². The zero-order valence-corrected chi connectivity index (χ0v) is 9.63. The molecule has 0 heterocycles. The van der Waals surface area contributed by atoms with Crippen LogP contribution in [0.4, 0.5) is 14.5 Å². The summed E-state index contributed by atoms with van der Waals surface area (Å²) in [6.45, 7) is 0. The molecule has 0 saturated heterocycles. The number of carbonyl (C=O) groups excluding carboxylic acids is 2. The molecule has 1 aromatic rings. The summed E-state index contributed by atoms with van der Waals surface area (Å²) < 4.78 is 31.1. The van der Waals surface area contributed by atoms with Gasteiger partial charge in [0, 0.05) is 12.0 Å². The molecule has 1 N–H and O–H groups in total. The van der Waals surface area contributed by atoms with E-state index in [2.05, 4.69) is 10.1 Å². The number of anilines is 1. The molecule has 0 radical (unpaired) electrons. The van der Waals surface area contributed by atoms with Gasteiger partial charge in [0.2, 0.25) is 5.91 Å². The number of halogens is 2. The lowest BCUT2D eigenvalue weighted by atomic mass is 10.1. The van der Waals surface area contributed by atoms with Crippen molar-refractivity contribution in [2.75, 3.05) is 12.4 Å². The van der Waals surface area contributed by atoms with Gasteiger partial charge >= 0.3 is 5.97 Å². The van der Waals surface area contributed by atoms with Gasteiger partial charge in [-0.05, 0) is 18.9 Å². The second kappa shape index (κ2) is 4.72. The summed E-state index contributed by atoms with van der Waals surface area (Å²) in [6, 6.07) is 1.49. The minimum Gasteiger partial charge on any atom is -0.465 e. The first-order chi connectivity index (χ1) is 8.52. The number of hydrogen-bond acceptors (Lipinski definition) is 3. The molecule has 1 aliphatic carbocycles. The molecular weight excluding hydrogens is 244 g/mol. The molecule has 4 nitrogen and oxygen atoms in total. The second-order valence-electron chi connectivity index (χ2n) is 4.07. The maximum absolute atomic E-state index is 13.4. The predicted molar refractivity (Wildman–Crippen MR) is 59.1 cm³/mol. The van der Waals surface area contributed by atoms with Crippen molar-refractivity contribution in [3.8, 4) is 0 Å². The molecular formula is C12H11F2NO3. The van der Waals surface area contributed by atoms with E-state index in [9.17, 15) is 18.4 Å². The van der Waals surface area contributed by atoms with Gasteiger partial charge in [-0.15, -0.1) is 0 Å². The SMILES string of the molecule is COC(=O)c1cc(NC(=O)C2CC2)c(F)cc1F. The largest absolute Gasteiger partial charge is 0.465 e. The van der Waals surface area contributed by atoms with Crippen LogP contribution in [0.25, 0.3) is 0 Å². The van der Waals surface area contributed by atoms with Gasteiger partial charge in [0.15, 0.2) is 0 Å². The maximum atomic E-state index is 13.4. The third-order valence-electron chi connectivity index (χ3n) is 2.67. The zero-order chi connectivity index (χ0) is 13.3. The van der Waals surface area contributed by atoms with E-state index in [4.69, 9.17) is 0 Å². The van der Waals surface area contributed by atoms with Crippen molar-refractivity contribution in [1.29, 1.82) is 0 Å². The highest BCUT2D eigenvalue weighted by atomic mass is 19.1. The van der Waals surface area contributed by atoms with Crippen LogP contribution in [0, 0.1) is 17.6 Å². The van der Waals surface area contributed by atoms with Gasteiger partial charge in [0.25, 0.3) is 0 Å². The lowest BCUT2D eigenvalue weighted by Gasteiger charge is -2.08. The monoisotopic (exact) mass is 255 g/mol. The van der Waals surface area contributed by atoms with Gasteiger partial charge in [-0.1, -0.05) is 0 Å².